The molecule has 0 aromatic rings. The topological polar surface area (TPSA) is 24.1 Å². The first-order valence-electron chi connectivity index (χ1n) is 5.59. The van der Waals surface area contributed by atoms with Crippen molar-refractivity contribution in [2.75, 3.05) is 19.6 Å². The van der Waals surface area contributed by atoms with Crippen LogP contribution >= 0.6 is 0 Å². The van der Waals surface area contributed by atoms with Crippen molar-refractivity contribution in [3.8, 4) is 0 Å². The van der Waals surface area contributed by atoms with Crippen LogP contribution in [0.1, 0.15) is 32.1 Å². The number of unbranched alkanes of at least 4 members (excludes halogenated alkanes) is 1. The van der Waals surface area contributed by atoms with E-state index >= 15 is 0 Å². The maximum Gasteiger partial charge on any atom is 0.389 e. The Labute approximate surface area is 88.6 Å². The lowest BCUT2D eigenvalue weighted by Crippen LogP contribution is -2.29. The van der Waals surface area contributed by atoms with Crippen LogP contribution in [0.3, 0.4) is 0 Å². The largest absolute Gasteiger partial charge is 0.389 e. The fraction of sp³-hybridized carbons (Fsp3) is 1.00. The van der Waals surface area contributed by atoms with Crippen molar-refractivity contribution in [2.45, 2.75) is 44.3 Å². The minimum absolute atomic E-state index is 0.229. The van der Waals surface area contributed by atoms with Crippen molar-refractivity contribution in [1.29, 1.82) is 0 Å². The summed E-state index contributed by atoms with van der Waals surface area (Å²) in [6.07, 6.45) is -1.28. The number of hydrogen-bond acceptors (Lipinski definition) is 2. The Balaban J connectivity index is 1.72. The van der Waals surface area contributed by atoms with Gasteiger partial charge < -0.3 is 10.6 Å². The van der Waals surface area contributed by atoms with Crippen LogP contribution in [0, 0.1) is 0 Å². The predicted molar refractivity (Wildman–Crippen MR) is 53.8 cm³/mol. The lowest BCUT2D eigenvalue weighted by molar-refractivity contribution is -0.135. The van der Waals surface area contributed by atoms with Gasteiger partial charge in [0.2, 0.25) is 0 Å². The van der Waals surface area contributed by atoms with E-state index in [0.717, 1.165) is 13.1 Å². The van der Waals surface area contributed by atoms with Crippen molar-refractivity contribution >= 4 is 0 Å². The predicted octanol–water partition coefficient (Wildman–Crippen LogP) is 2.06. The minimum atomic E-state index is -3.99. The van der Waals surface area contributed by atoms with Gasteiger partial charge in [-0.1, -0.05) is 0 Å². The second-order valence-corrected chi connectivity index (χ2v) is 4.05. The minimum Gasteiger partial charge on any atom is -0.315 e. The molecule has 0 bridgehead atoms. The number of rotatable bonds is 8. The van der Waals surface area contributed by atoms with E-state index in [9.17, 15) is 13.2 Å². The highest BCUT2D eigenvalue weighted by Crippen LogP contribution is 2.21. The summed E-state index contributed by atoms with van der Waals surface area (Å²) in [5.41, 5.74) is 0. The van der Waals surface area contributed by atoms with E-state index in [0.29, 0.717) is 19.0 Å². The van der Waals surface area contributed by atoms with Crippen LogP contribution in [-0.4, -0.2) is 31.9 Å². The molecule has 0 heterocycles. The van der Waals surface area contributed by atoms with Gasteiger partial charge in [-0.2, -0.15) is 13.2 Å². The molecule has 1 fully saturated rings. The molecule has 0 radical (unpaired) electrons. The molecule has 0 unspecified atom stereocenters. The van der Waals surface area contributed by atoms with Gasteiger partial charge in [-0.05, 0) is 32.2 Å². The molecular formula is C10H19F3N2. The third-order valence-electron chi connectivity index (χ3n) is 2.38. The molecule has 0 atom stereocenters. The molecule has 0 saturated heterocycles. The van der Waals surface area contributed by atoms with Crippen molar-refractivity contribution in [1.82, 2.24) is 10.6 Å². The summed E-state index contributed by atoms with van der Waals surface area (Å²) in [5, 5.41) is 6.45. The average molecular weight is 224 g/mol. The van der Waals surface area contributed by atoms with Crippen molar-refractivity contribution < 1.29 is 13.2 Å². The van der Waals surface area contributed by atoms with Gasteiger partial charge in [0.1, 0.15) is 0 Å². The van der Waals surface area contributed by atoms with Crippen molar-refractivity contribution in [3.63, 3.8) is 0 Å². The molecule has 90 valence electrons. The highest BCUT2D eigenvalue weighted by atomic mass is 19.4. The molecule has 1 aliphatic carbocycles. The van der Waals surface area contributed by atoms with Crippen LogP contribution in [0.4, 0.5) is 13.2 Å². The molecule has 1 saturated carbocycles. The number of hydrogen-bond donors (Lipinski definition) is 2. The summed E-state index contributed by atoms with van der Waals surface area (Å²) >= 11 is 0. The van der Waals surface area contributed by atoms with E-state index in [1.54, 1.807) is 0 Å². The van der Waals surface area contributed by atoms with Gasteiger partial charge >= 0.3 is 6.18 Å². The summed E-state index contributed by atoms with van der Waals surface area (Å²) in [5.74, 6) is 0. The first kappa shape index (κ1) is 12.8. The van der Waals surface area contributed by atoms with Crippen LogP contribution in [0.5, 0.6) is 0 Å². The Morgan fingerprint density at radius 1 is 1.00 bits per heavy atom. The van der Waals surface area contributed by atoms with Gasteiger partial charge in [0.15, 0.2) is 0 Å². The van der Waals surface area contributed by atoms with Gasteiger partial charge in [-0.3, -0.25) is 0 Å². The Morgan fingerprint density at radius 3 is 2.33 bits per heavy atom. The Bertz CT molecular complexity index is 167. The van der Waals surface area contributed by atoms with Crippen molar-refractivity contribution in [2.24, 2.45) is 0 Å². The van der Waals surface area contributed by atoms with Crippen molar-refractivity contribution in [3.05, 3.63) is 0 Å². The van der Waals surface area contributed by atoms with Gasteiger partial charge in [-0.15, -0.1) is 0 Å². The van der Waals surface area contributed by atoms with Gasteiger partial charge in [0.05, 0.1) is 0 Å². The lowest BCUT2D eigenvalue weighted by atomic mass is 10.2. The molecule has 0 amide bonds. The Morgan fingerprint density at radius 2 is 1.73 bits per heavy atom. The molecule has 0 aromatic carbocycles. The van der Waals surface area contributed by atoms with E-state index in [1.807, 2.05) is 0 Å². The third-order valence-corrected chi connectivity index (χ3v) is 2.38. The molecular weight excluding hydrogens is 205 g/mol. The molecule has 2 nitrogen and oxygen atoms in total. The monoisotopic (exact) mass is 224 g/mol. The molecule has 15 heavy (non-hydrogen) atoms. The second kappa shape index (κ2) is 6.33. The number of nitrogens with one attached hydrogen (secondary N) is 2. The first-order valence-corrected chi connectivity index (χ1v) is 5.59. The van der Waals surface area contributed by atoms with E-state index < -0.39 is 12.6 Å². The van der Waals surface area contributed by atoms with Gasteiger partial charge in [0.25, 0.3) is 0 Å². The molecule has 1 rings (SSSR count). The maximum atomic E-state index is 11.8. The first-order chi connectivity index (χ1) is 7.08. The quantitative estimate of drug-likeness (QED) is 0.617. The van der Waals surface area contributed by atoms with Crippen LogP contribution < -0.4 is 10.6 Å². The summed E-state index contributed by atoms with van der Waals surface area (Å²) in [7, 11) is 0. The molecule has 0 spiro atoms. The zero-order valence-corrected chi connectivity index (χ0v) is 8.87. The standard InChI is InChI=1S/C10H19F3N2/c11-10(12,13)5-1-2-6-14-7-8-15-9-3-4-9/h9,14-15H,1-8H2. The SMILES string of the molecule is FC(F)(F)CCCCNCCNC1CC1. The third kappa shape index (κ3) is 8.69. The average Bonchev–Trinajstić information content (AvgIpc) is 2.91. The fourth-order valence-electron chi connectivity index (χ4n) is 1.35. The lowest BCUT2D eigenvalue weighted by Gasteiger charge is -2.07. The Hall–Kier alpha value is -0.290. The summed E-state index contributed by atoms with van der Waals surface area (Å²) in [6.45, 7) is 2.45. The zero-order chi connectivity index (χ0) is 11.1. The van der Waals surface area contributed by atoms with Crippen LogP contribution in [0.15, 0.2) is 0 Å². The highest BCUT2D eigenvalue weighted by molar-refractivity contribution is 4.80. The molecule has 0 aromatic heterocycles. The summed E-state index contributed by atoms with van der Waals surface area (Å²) in [4.78, 5) is 0. The van der Waals surface area contributed by atoms with Crippen LogP contribution in [-0.2, 0) is 0 Å². The van der Waals surface area contributed by atoms with Gasteiger partial charge in [-0.25, -0.2) is 0 Å². The molecule has 5 heteroatoms. The summed E-state index contributed by atoms with van der Waals surface area (Å²) in [6, 6.07) is 0.706. The fourth-order valence-corrected chi connectivity index (χ4v) is 1.35. The van der Waals surface area contributed by atoms with Crippen LogP contribution in [0.25, 0.3) is 0 Å². The van der Waals surface area contributed by atoms with Gasteiger partial charge in [0, 0.05) is 25.6 Å². The maximum absolute atomic E-state index is 11.8. The molecule has 0 aliphatic heterocycles. The molecule has 1 aliphatic rings. The summed E-state index contributed by atoms with van der Waals surface area (Å²) < 4.78 is 35.3. The Kier molecular flexibility index (Phi) is 5.39. The number of alkyl halides is 3. The number of halogens is 3. The van der Waals surface area contributed by atoms with E-state index in [4.69, 9.17) is 0 Å². The highest BCUT2D eigenvalue weighted by Gasteiger charge is 2.25. The van der Waals surface area contributed by atoms with Crippen LogP contribution in [0.2, 0.25) is 0 Å². The van der Waals surface area contributed by atoms with E-state index in [2.05, 4.69) is 10.6 Å². The molecule has 2 N–H and O–H groups in total. The van der Waals surface area contributed by atoms with E-state index in [-0.39, 0.29) is 6.42 Å². The second-order valence-electron chi connectivity index (χ2n) is 4.05. The smallest absolute Gasteiger partial charge is 0.315 e. The zero-order valence-electron chi connectivity index (χ0n) is 8.87. The van der Waals surface area contributed by atoms with E-state index in [1.165, 1.54) is 12.8 Å². The normalized spacial score (nSPS) is 17.0.